The number of nitrogens with zero attached hydrogens (tertiary/aromatic N) is 1. The van der Waals surface area contributed by atoms with Crippen molar-refractivity contribution in [1.29, 1.82) is 0 Å². The molecule has 2 aliphatic heterocycles. The summed E-state index contributed by atoms with van der Waals surface area (Å²) in [6.45, 7) is 2.94. The lowest BCUT2D eigenvalue weighted by atomic mass is 9.35. The summed E-state index contributed by atoms with van der Waals surface area (Å²) in [6, 6.07) is 0. The number of rotatable bonds is 2. The van der Waals surface area contributed by atoms with Crippen molar-refractivity contribution in [3.63, 3.8) is 0 Å². The molecular formula is C18H20N2O2S. The van der Waals surface area contributed by atoms with E-state index in [9.17, 15) is 9.59 Å². The fourth-order valence-electron chi connectivity index (χ4n) is 5.39. The summed E-state index contributed by atoms with van der Waals surface area (Å²) in [5.41, 5.74) is 10.6. The van der Waals surface area contributed by atoms with Crippen LogP contribution in [-0.4, -0.2) is 28.9 Å². The number of hydrogen-bond acceptors (Lipinski definition) is 4. The molecule has 2 bridgehead atoms. The van der Waals surface area contributed by atoms with Crippen molar-refractivity contribution in [2.24, 2.45) is 22.5 Å². The Balaban J connectivity index is 1.46. The van der Waals surface area contributed by atoms with Gasteiger partial charge in [0.2, 0.25) is 5.91 Å². The van der Waals surface area contributed by atoms with E-state index in [0.717, 1.165) is 49.9 Å². The van der Waals surface area contributed by atoms with Gasteiger partial charge in [-0.15, -0.1) is 11.8 Å². The molecule has 3 saturated carbocycles. The van der Waals surface area contributed by atoms with E-state index in [1.807, 2.05) is 11.0 Å². The quantitative estimate of drug-likeness (QED) is 0.790. The highest BCUT2D eigenvalue weighted by Gasteiger charge is 2.72. The van der Waals surface area contributed by atoms with Gasteiger partial charge in [0.25, 0.3) is 0 Å². The number of carbonyl (C=O) groups excluding carboxylic acids is 2. The Morgan fingerprint density at radius 2 is 2.17 bits per heavy atom. The van der Waals surface area contributed by atoms with Crippen LogP contribution in [0.3, 0.4) is 0 Å². The summed E-state index contributed by atoms with van der Waals surface area (Å²) in [7, 11) is 0. The second-order valence-corrected chi connectivity index (χ2v) is 8.96. The summed E-state index contributed by atoms with van der Waals surface area (Å²) in [6.07, 6.45) is 6.29. The highest BCUT2D eigenvalue weighted by Crippen LogP contribution is 2.73. The molecule has 0 aromatic carbocycles. The third-order valence-electron chi connectivity index (χ3n) is 6.45. The van der Waals surface area contributed by atoms with Gasteiger partial charge in [0, 0.05) is 29.3 Å². The zero-order chi connectivity index (χ0) is 16.0. The maximum absolute atomic E-state index is 13.1. The molecule has 5 heteroatoms. The van der Waals surface area contributed by atoms with Gasteiger partial charge < -0.3 is 15.4 Å². The minimum atomic E-state index is -0.252. The van der Waals surface area contributed by atoms with E-state index < -0.39 is 0 Å². The average molecular weight is 328 g/mol. The molecule has 6 rings (SSSR count). The number of nitrogens with two attached hydrogens (primary N) is 1. The summed E-state index contributed by atoms with van der Waals surface area (Å²) >= 11 is 1.80. The Morgan fingerprint density at radius 3 is 2.87 bits per heavy atom. The molecule has 2 atom stereocenters. The van der Waals surface area contributed by atoms with Crippen molar-refractivity contribution in [2.45, 2.75) is 37.9 Å². The number of allylic oxidation sites excluding steroid dienone is 2. The lowest BCUT2D eigenvalue weighted by Gasteiger charge is -2.67. The first-order valence-electron chi connectivity index (χ1n) is 8.29. The predicted octanol–water partition coefficient (Wildman–Crippen LogP) is 2.33. The fraction of sp³-hybridized carbons (Fsp3) is 0.556. The molecule has 1 amide bonds. The smallest absolute Gasteiger partial charge is 0.233 e. The van der Waals surface area contributed by atoms with E-state index in [1.54, 1.807) is 11.8 Å². The summed E-state index contributed by atoms with van der Waals surface area (Å²) in [5, 5.41) is 2.53. The lowest BCUT2D eigenvalue weighted by molar-refractivity contribution is -0.205. The number of carbonyl (C=O) groups is 2. The molecule has 3 fully saturated rings. The lowest BCUT2D eigenvalue weighted by Crippen LogP contribution is -2.68. The van der Waals surface area contributed by atoms with Crippen molar-refractivity contribution in [2.75, 3.05) is 6.54 Å². The highest BCUT2D eigenvalue weighted by atomic mass is 32.2. The van der Waals surface area contributed by atoms with Crippen LogP contribution in [0.25, 0.3) is 0 Å². The molecule has 2 N–H and O–H groups in total. The summed E-state index contributed by atoms with van der Waals surface area (Å²) in [5.74, 6) is 0.591. The Morgan fingerprint density at radius 1 is 1.43 bits per heavy atom. The zero-order valence-electron chi connectivity index (χ0n) is 13.2. The van der Waals surface area contributed by atoms with Gasteiger partial charge in [-0.3, -0.25) is 4.79 Å². The second kappa shape index (κ2) is 4.12. The fourth-order valence-corrected chi connectivity index (χ4v) is 6.66. The van der Waals surface area contributed by atoms with E-state index in [2.05, 4.69) is 12.3 Å². The normalized spacial score (nSPS) is 43.1. The Kier molecular flexibility index (Phi) is 2.49. The Bertz CT molecular complexity index is 728. The van der Waals surface area contributed by atoms with E-state index in [4.69, 9.17) is 5.73 Å². The minimum absolute atomic E-state index is 0.166. The number of thioether (sulfide) groups is 1. The van der Waals surface area contributed by atoms with Gasteiger partial charge in [0.05, 0.1) is 10.7 Å². The molecule has 0 aromatic heterocycles. The van der Waals surface area contributed by atoms with Gasteiger partial charge in [0.15, 0.2) is 0 Å². The van der Waals surface area contributed by atoms with Gasteiger partial charge in [-0.1, -0.05) is 5.57 Å². The molecule has 2 heterocycles. The first-order chi connectivity index (χ1) is 11.0. The third-order valence-corrected chi connectivity index (χ3v) is 7.79. The summed E-state index contributed by atoms with van der Waals surface area (Å²) < 4.78 is 0. The van der Waals surface area contributed by atoms with Crippen molar-refractivity contribution in [3.8, 4) is 0 Å². The second-order valence-electron chi connectivity index (χ2n) is 7.95. The van der Waals surface area contributed by atoms with Gasteiger partial charge in [-0.2, -0.15) is 0 Å². The molecule has 4 aliphatic carbocycles. The molecule has 23 heavy (non-hydrogen) atoms. The van der Waals surface area contributed by atoms with Crippen LogP contribution in [0.2, 0.25) is 0 Å². The van der Waals surface area contributed by atoms with Gasteiger partial charge >= 0.3 is 0 Å². The van der Waals surface area contributed by atoms with Crippen molar-refractivity contribution < 1.29 is 9.59 Å². The molecular weight excluding hydrogens is 308 g/mol. The number of hydrogen-bond donors (Lipinski definition) is 1. The number of fused-ring (bicyclic) bond motifs is 2. The van der Waals surface area contributed by atoms with Crippen LogP contribution in [0, 0.1) is 16.7 Å². The molecule has 0 spiro atoms. The Labute approximate surface area is 139 Å². The van der Waals surface area contributed by atoms with Crippen LogP contribution in [0.4, 0.5) is 0 Å². The molecule has 0 aromatic rings. The monoisotopic (exact) mass is 328 g/mol. The molecule has 2 unspecified atom stereocenters. The van der Waals surface area contributed by atoms with Crippen molar-refractivity contribution in [3.05, 3.63) is 34.0 Å². The third kappa shape index (κ3) is 1.54. The Hall–Kier alpha value is -1.49. The van der Waals surface area contributed by atoms with Crippen LogP contribution in [0.15, 0.2) is 34.0 Å². The van der Waals surface area contributed by atoms with Crippen LogP contribution in [0.5, 0.6) is 0 Å². The topological polar surface area (TPSA) is 63.4 Å². The minimum Gasteiger partial charge on any atom is -0.401 e. The summed E-state index contributed by atoms with van der Waals surface area (Å²) in [4.78, 5) is 26.1. The molecule has 0 radical (unpaired) electrons. The average Bonchev–Trinajstić information content (AvgIpc) is 3.00. The maximum Gasteiger partial charge on any atom is 0.233 e. The predicted molar refractivity (Wildman–Crippen MR) is 89.0 cm³/mol. The van der Waals surface area contributed by atoms with Gasteiger partial charge in [-0.25, -0.2) is 0 Å². The van der Waals surface area contributed by atoms with E-state index in [-0.39, 0.29) is 16.7 Å². The van der Waals surface area contributed by atoms with Gasteiger partial charge in [0.1, 0.15) is 6.29 Å². The van der Waals surface area contributed by atoms with Gasteiger partial charge in [-0.05, 0) is 49.7 Å². The number of amides is 1. The van der Waals surface area contributed by atoms with E-state index in [0.29, 0.717) is 11.2 Å². The first kappa shape index (κ1) is 13.9. The van der Waals surface area contributed by atoms with Crippen molar-refractivity contribution >= 4 is 24.0 Å². The van der Waals surface area contributed by atoms with Crippen LogP contribution < -0.4 is 5.73 Å². The van der Waals surface area contributed by atoms with Crippen LogP contribution in [-0.2, 0) is 9.59 Å². The molecule has 4 nitrogen and oxygen atoms in total. The van der Waals surface area contributed by atoms with Crippen LogP contribution in [0.1, 0.15) is 32.6 Å². The SMILES string of the molecule is CC1=CSC2C(N)=CC3=C(CCN3C(=O)C34CC(C=O)(C3)C4)C12. The maximum atomic E-state index is 13.1. The van der Waals surface area contributed by atoms with E-state index in [1.165, 1.54) is 11.1 Å². The molecule has 120 valence electrons. The zero-order valence-corrected chi connectivity index (χ0v) is 14.0. The van der Waals surface area contributed by atoms with Crippen LogP contribution >= 0.6 is 11.8 Å². The standard InChI is InChI=1S/C18H20N2O2S/c1-10-5-23-15-12(19)4-13-11(14(10)15)2-3-20(13)16(22)18-6-17(7-18,8-18)9-21/h4-5,9,14-15H,2-3,6-8,19H2,1H3. The number of aldehydes is 1. The largest absolute Gasteiger partial charge is 0.401 e. The highest BCUT2D eigenvalue weighted by molar-refractivity contribution is 8.03. The van der Waals surface area contributed by atoms with E-state index >= 15 is 0 Å². The molecule has 0 saturated heterocycles. The first-order valence-corrected chi connectivity index (χ1v) is 9.24. The molecule has 6 aliphatic rings. The van der Waals surface area contributed by atoms with Crippen molar-refractivity contribution in [1.82, 2.24) is 4.90 Å².